The van der Waals surface area contributed by atoms with Crippen molar-refractivity contribution in [2.24, 2.45) is 5.92 Å². The van der Waals surface area contributed by atoms with E-state index in [9.17, 15) is 9.90 Å². The Kier molecular flexibility index (Phi) is 2.88. The summed E-state index contributed by atoms with van der Waals surface area (Å²) >= 11 is 0. The summed E-state index contributed by atoms with van der Waals surface area (Å²) in [7, 11) is 0. The molecule has 2 fully saturated rings. The van der Waals surface area contributed by atoms with E-state index in [1.165, 1.54) is 0 Å². The summed E-state index contributed by atoms with van der Waals surface area (Å²) < 4.78 is 9.95. The molecular weight excluding hydrogens is 186 g/mol. The highest BCUT2D eigenvalue weighted by Crippen LogP contribution is 2.18. The molecule has 0 aliphatic carbocycles. The number of nitrogens with zero attached hydrogens (tertiary/aromatic N) is 1. The molecule has 2 atom stereocenters. The van der Waals surface area contributed by atoms with Crippen molar-refractivity contribution >= 4 is 6.09 Å². The number of rotatable bonds is 3. The van der Waals surface area contributed by atoms with Crippen molar-refractivity contribution in [3.8, 4) is 0 Å². The second kappa shape index (κ2) is 4.14. The van der Waals surface area contributed by atoms with Crippen LogP contribution in [0.15, 0.2) is 0 Å². The van der Waals surface area contributed by atoms with Crippen molar-refractivity contribution in [3.05, 3.63) is 0 Å². The zero-order valence-electron chi connectivity index (χ0n) is 8.02. The number of carbonyl (C=O) groups is 1. The Morgan fingerprint density at radius 1 is 1.57 bits per heavy atom. The van der Waals surface area contributed by atoms with Crippen molar-refractivity contribution in [1.29, 1.82) is 0 Å². The van der Waals surface area contributed by atoms with E-state index in [0.717, 1.165) is 6.42 Å². The van der Waals surface area contributed by atoms with E-state index in [1.54, 1.807) is 4.90 Å². The van der Waals surface area contributed by atoms with Gasteiger partial charge in [-0.3, -0.25) is 0 Å². The number of hydrogen-bond acceptors (Lipinski definition) is 4. The van der Waals surface area contributed by atoms with Crippen molar-refractivity contribution in [3.63, 3.8) is 0 Å². The molecule has 0 saturated carbocycles. The fraction of sp³-hybridized carbons (Fsp3) is 0.889. The molecule has 2 aliphatic rings. The molecule has 2 rings (SSSR count). The van der Waals surface area contributed by atoms with Crippen LogP contribution in [0.1, 0.15) is 6.42 Å². The van der Waals surface area contributed by atoms with Gasteiger partial charge in [-0.25, -0.2) is 4.79 Å². The number of hydrogen-bond donors (Lipinski definition) is 1. The average Bonchev–Trinajstić information content (AvgIpc) is 2.77. The topological polar surface area (TPSA) is 59.0 Å². The molecular formula is C9H15NO4. The fourth-order valence-corrected chi connectivity index (χ4v) is 1.82. The van der Waals surface area contributed by atoms with Crippen LogP contribution in [0.3, 0.4) is 0 Å². The third-order valence-electron chi connectivity index (χ3n) is 2.76. The minimum absolute atomic E-state index is 0.170. The molecule has 0 aromatic carbocycles. The fourth-order valence-electron chi connectivity index (χ4n) is 1.82. The number of β-amino-alcohol motifs (C(OH)–C–C–N with tert-alkyl or cyclic N) is 1. The number of aliphatic hydroxyl groups excluding tert-OH is 1. The molecule has 5 nitrogen and oxygen atoms in total. The van der Waals surface area contributed by atoms with Crippen molar-refractivity contribution in [2.45, 2.75) is 12.5 Å². The van der Waals surface area contributed by atoms with Gasteiger partial charge in [0.05, 0.1) is 25.8 Å². The van der Waals surface area contributed by atoms with Gasteiger partial charge < -0.3 is 19.5 Å². The maximum absolute atomic E-state index is 11.1. The highest BCUT2D eigenvalue weighted by atomic mass is 16.6. The summed E-state index contributed by atoms with van der Waals surface area (Å²) in [5.41, 5.74) is 0. The van der Waals surface area contributed by atoms with Gasteiger partial charge in [0.1, 0.15) is 6.61 Å². The second-order valence-electron chi connectivity index (χ2n) is 3.75. The van der Waals surface area contributed by atoms with E-state index in [0.29, 0.717) is 32.9 Å². The molecule has 2 heterocycles. The standard InChI is InChI=1S/C9H15NO4/c11-8(7-1-3-13-6-7)5-10-2-4-14-9(10)12/h7-8,11H,1-6H2. The van der Waals surface area contributed by atoms with Gasteiger partial charge >= 0.3 is 6.09 Å². The van der Waals surface area contributed by atoms with Gasteiger partial charge in [-0.15, -0.1) is 0 Å². The predicted molar refractivity (Wildman–Crippen MR) is 47.9 cm³/mol. The van der Waals surface area contributed by atoms with Crippen LogP contribution in [0.2, 0.25) is 0 Å². The van der Waals surface area contributed by atoms with E-state index >= 15 is 0 Å². The maximum atomic E-state index is 11.1. The molecule has 0 aromatic heterocycles. The summed E-state index contributed by atoms with van der Waals surface area (Å²) in [6, 6.07) is 0. The molecule has 0 spiro atoms. The molecule has 2 aliphatic heterocycles. The lowest BCUT2D eigenvalue weighted by atomic mass is 10.0. The molecule has 2 unspecified atom stereocenters. The summed E-state index contributed by atoms with van der Waals surface area (Å²) in [5.74, 6) is 0.170. The Labute approximate surface area is 82.6 Å². The number of aliphatic hydroxyl groups is 1. The molecule has 1 N–H and O–H groups in total. The van der Waals surface area contributed by atoms with Gasteiger partial charge in [-0.05, 0) is 6.42 Å². The predicted octanol–water partition coefficient (Wildman–Crippen LogP) is -0.164. The van der Waals surface area contributed by atoms with Gasteiger partial charge in [0.25, 0.3) is 0 Å². The first-order valence-electron chi connectivity index (χ1n) is 4.95. The smallest absolute Gasteiger partial charge is 0.410 e. The molecule has 5 heteroatoms. The molecule has 2 saturated heterocycles. The minimum Gasteiger partial charge on any atom is -0.448 e. The molecule has 14 heavy (non-hydrogen) atoms. The van der Waals surface area contributed by atoms with Gasteiger partial charge in [-0.1, -0.05) is 0 Å². The van der Waals surface area contributed by atoms with Crippen LogP contribution in [0, 0.1) is 5.92 Å². The Balaban J connectivity index is 1.80. The van der Waals surface area contributed by atoms with E-state index < -0.39 is 6.10 Å². The number of amides is 1. The van der Waals surface area contributed by atoms with E-state index in [2.05, 4.69) is 0 Å². The molecule has 80 valence electrons. The second-order valence-corrected chi connectivity index (χ2v) is 3.75. The molecule has 1 amide bonds. The largest absolute Gasteiger partial charge is 0.448 e. The van der Waals surface area contributed by atoms with Crippen LogP contribution in [-0.4, -0.2) is 55.1 Å². The zero-order chi connectivity index (χ0) is 9.97. The SMILES string of the molecule is O=C1OCCN1CC(O)C1CCOC1. The maximum Gasteiger partial charge on any atom is 0.410 e. The normalized spacial score (nSPS) is 29.4. The van der Waals surface area contributed by atoms with Crippen LogP contribution >= 0.6 is 0 Å². The van der Waals surface area contributed by atoms with Crippen LogP contribution in [0.5, 0.6) is 0 Å². The average molecular weight is 201 g/mol. The summed E-state index contributed by atoms with van der Waals surface area (Å²) in [5, 5.41) is 9.80. The van der Waals surface area contributed by atoms with Gasteiger partial charge in [0, 0.05) is 12.5 Å². The summed E-state index contributed by atoms with van der Waals surface area (Å²) in [6.45, 7) is 2.71. The highest BCUT2D eigenvalue weighted by Gasteiger charge is 2.30. The number of ether oxygens (including phenoxy) is 2. The lowest BCUT2D eigenvalue weighted by Crippen LogP contribution is -2.37. The lowest BCUT2D eigenvalue weighted by molar-refractivity contribution is 0.0662. The summed E-state index contributed by atoms with van der Waals surface area (Å²) in [6.07, 6.45) is 0.0791. The van der Waals surface area contributed by atoms with E-state index in [-0.39, 0.29) is 12.0 Å². The minimum atomic E-state index is -0.483. The van der Waals surface area contributed by atoms with Gasteiger partial charge in [0.2, 0.25) is 0 Å². The Bertz CT molecular complexity index is 215. The number of cyclic esters (lactones) is 1. The quantitative estimate of drug-likeness (QED) is 0.689. The first kappa shape index (κ1) is 9.73. The monoisotopic (exact) mass is 201 g/mol. The Morgan fingerprint density at radius 3 is 3.00 bits per heavy atom. The highest BCUT2D eigenvalue weighted by molar-refractivity contribution is 5.69. The molecule has 0 aromatic rings. The van der Waals surface area contributed by atoms with Crippen LogP contribution < -0.4 is 0 Å². The molecule has 0 radical (unpaired) electrons. The third kappa shape index (κ3) is 1.99. The number of carbonyl (C=O) groups excluding carboxylic acids is 1. The van der Waals surface area contributed by atoms with Crippen LogP contribution in [0.25, 0.3) is 0 Å². The first-order chi connectivity index (χ1) is 6.77. The van der Waals surface area contributed by atoms with Crippen LogP contribution in [0.4, 0.5) is 4.79 Å². The Hall–Kier alpha value is -0.810. The lowest BCUT2D eigenvalue weighted by Gasteiger charge is -2.21. The van der Waals surface area contributed by atoms with E-state index in [4.69, 9.17) is 9.47 Å². The first-order valence-corrected chi connectivity index (χ1v) is 4.95. The van der Waals surface area contributed by atoms with Crippen molar-refractivity contribution in [2.75, 3.05) is 32.9 Å². The van der Waals surface area contributed by atoms with Crippen LogP contribution in [-0.2, 0) is 9.47 Å². The third-order valence-corrected chi connectivity index (χ3v) is 2.76. The van der Waals surface area contributed by atoms with Gasteiger partial charge in [0.15, 0.2) is 0 Å². The van der Waals surface area contributed by atoms with E-state index in [1.807, 2.05) is 0 Å². The van der Waals surface area contributed by atoms with Gasteiger partial charge in [-0.2, -0.15) is 0 Å². The molecule has 0 bridgehead atoms. The van der Waals surface area contributed by atoms with Crippen molar-refractivity contribution in [1.82, 2.24) is 4.90 Å². The zero-order valence-corrected chi connectivity index (χ0v) is 8.02. The Morgan fingerprint density at radius 2 is 2.43 bits per heavy atom. The summed E-state index contributed by atoms with van der Waals surface area (Å²) in [4.78, 5) is 12.6. The van der Waals surface area contributed by atoms with Crippen molar-refractivity contribution < 1.29 is 19.4 Å².